The molecule has 0 aromatic heterocycles. The first-order valence-electron chi connectivity index (χ1n) is 11.6. The van der Waals surface area contributed by atoms with Gasteiger partial charge in [0.2, 0.25) is 17.7 Å². The van der Waals surface area contributed by atoms with Crippen molar-refractivity contribution in [2.75, 3.05) is 39.4 Å². The van der Waals surface area contributed by atoms with E-state index in [4.69, 9.17) is 4.74 Å². The van der Waals surface area contributed by atoms with Crippen LogP contribution in [0.1, 0.15) is 64.2 Å². The molecule has 2 aliphatic heterocycles. The lowest BCUT2D eigenvalue weighted by Gasteiger charge is -2.48. The van der Waals surface area contributed by atoms with Crippen molar-refractivity contribution in [2.45, 2.75) is 69.7 Å². The molecule has 4 fully saturated rings. The van der Waals surface area contributed by atoms with Gasteiger partial charge in [-0.2, -0.15) is 0 Å². The number of amides is 3. The fraction of sp³-hybridized carbons (Fsp3) is 0.864. The molecular weight excluding hydrogens is 370 g/mol. The van der Waals surface area contributed by atoms with Crippen molar-refractivity contribution in [3.63, 3.8) is 0 Å². The van der Waals surface area contributed by atoms with Crippen molar-refractivity contribution in [1.29, 1.82) is 0 Å². The van der Waals surface area contributed by atoms with Crippen LogP contribution in [-0.4, -0.2) is 72.5 Å². The highest BCUT2D eigenvalue weighted by Gasteiger charge is 2.48. The number of hydrogen-bond acceptors (Lipinski definition) is 5. The summed E-state index contributed by atoms with van der Waals surface area (Å²) < 4.78 is 5.52. The number of morpholine rings is 1. The van der Waals surface area contributed by atoms with Crippen molar-refractivity contribution in [1.82, 2.24) is 15.1 Å². The molecule has 2 heterocycles. The van der Waals surface area contributed by atoms with E-state index in [1.54, 1.807) is 0 Å². The molecule has 2 saturated carbocycles. The average Bonchev–Trinajstić information content (AvgIpc) is 3.02. The van der Waals surface area contributed by atoms with Crippen molar-refractivity contribution >= 4 is 17.7 Å². The van der Waals surface area contributed by atoms with Crippen molar-refractivity contribution < 1.29 is 19.1 Å². The molecule has 2 atom stereocenters. The molecule has 0 aromatic rings. The van der Waals surface area contributed by atoms with Gasteiger partial charge in [-0.05, 0) is 25.7 Å². The number of nitrogens with zero attached hydrogens (tertiary/aromatic N) is 2. The maximum Gasteiger partial charge on any atom is 0.233 e. The van der Waals surface area contributed by atoms with Gasteiger partial charge in [-0.1, -0.05) is 32.1 Å². The zero-order valence-electron chi connectivity index (χ0n) is 17.5. The van der Waals surface area contributed by atoms with Gasteiger partial charge in [0.1, 0.15) is 0 Å². The van der Waals surface area contributed by atoms with Crippen LogP contribution in [0.2, 0.25) is 0 Å². The van der Waals surface area contributed by atoms with Crippen molar-refractivity contribution in [3.8, 4) is 0 Å². The summed E-state index contributed by atoms with van der Waals surface area (Å²) in [5.74, 6) is -0.426. The normalized spacial score (nSPS) is 30.3. The predicted octanol–water partition coefficient (Wildman–Crippen LogP) is 1.70. The van der Waals surface area contributed by atoms with E-state index in [1.807, 2.05) is 0 Å². The summed E-state index contributed by atoms with van der Waals surface area (Å²) in [5.41, 5.74) is 0.0336. The molecule has 7 heteroatoms. The maximum atomic E-state index is 12.6. The highest BCUT2D eigenvalue weighted by molar-refractivity contribution is 6.05. The number of ether oxygens (including phenoxy) is 1. The fourth-order valence-electron chi connectivity index (χ4n) is 5.87. The Morgan fingerprint density at radius 2 is 1.59 bits per heavy atom. The van der Waals surface area contributed by atoms with Crippen LogP contribution in [0.4, 0.5) is 0 Å². The first kappa shape index (κ1) is 20.8. The molecule has 0 radical (unpaired) electrons. The number of imide groups is 1. The van der Waals surface area contributed by atoms with Gasteiger partial charge in [-0.25, -0.2) is 0 Å². The molecule has 0 aromatic carbocycles. The molecule has 29 heavy (non-hydrogen) atoms. The Morgan fingerprint density at radius 1 is 0.966 bits per heavy atom. The summed E-state index contributed by atoms with van der Waals surface area (Å²) in [5, 5.41) is 3.14. The minimum atomic E-state index is -0.133. The van der Waals surface area contributed by atoms with Crippen LogP contribution in [0.3, 0.4) is 0 Å². The van der Waals surface area contributed by atoms with Gasteiger partial charge in [0.25, 0.3) is 0 Å². The Kier molecular flexibility index (Phi) is 6.54. The number of nitrogens with one attached hydrogen (secondary N) is 1. The molecule has 162 valence electrons. The second-order valence-electron chi connectivity index (χ2n) is 9.24. The molecular formula is C22H35N3O4. The molecule has 2 aliphatic carbocycles. The Hall–Kier alpha value is -1.47. The van der Waals surface area contributed by atoms with Crippen LogP contribution in [0.5, 0.6) is 0 Å². The second kappa shape index (κ2) is 9.13. The number of carbonyl (C=O) groups is 3. The topological polar surface area (TPSA) is 79.0 Å². The highest BCUT2D eigenvalue weighted by atomic mass is 16.5. The minimum Gasteiger partial charge on any atom is -0.379 e. The molecule has 2 unspecified atom stereocenters. The highest BCUT2D eigenvalue weighted by Crippen LogP contribution is 2.38. The van der Waals surface area contributed by atoms with E-state index in [1.165, 1.54) is 24.2 Å². The van der Waals surface area contributed by atoms with Gasteiger partial charge in [0.05, 0.1) is 25.0 Å². The Balaban J connectivity index is 1.29. The van der Waals surface area contributed by atoms with Crippen LogP contribution < -0.4 is 5.32 Å². The van der Waals surface area contributed by atoms with Gasteiger partial charge in [0.15, 0.2) is 0 Å². The molecule has 1 N–H and O–H groups in total. The summed E-state index contributed by atoms with van der Waals surface area (Å²) in [6.45, 7) is 4.25. The van der Waals surface area contributed by atoms with Gasteiger partial charge >= 0.3 is 0 Å². The molecule has 2 saturated heterocycles. The molecule has 0 bridgehead atoms. The van der Waals surface area contributed by atoms with Gasteiger partial charge in [-0.15, -0.1) is 0 Å². The first-order valence-corrected chi connectivity index (χ1v) is 11.6. The van der Waals surface area contributed by atoms with Crippen molar-refractivity contribution in [2.24, 2.45) is 11.8 Å². The first-order chi connectivity index (χ1) is 14.1. The van der Waals surface area contributed by atoms with Gasteiger partial charge in [0, 0.05) is 38.1 Å². The third-order valence-corrected chi connectivity index (χ3v) is 7.58. The number of likely N-dealkylation sites (tertiary alicyclic amines) is 1. The number of hydrogen-bond donors (Lipinski definition) is 1. The Labute approximate surface area is 173 Å². The molecule has 3 amide bonds. The van der Waals surface area contributed by atoms with Crippen LogP contribution in [-0.2, 0) is 19.1 Å². The molecule has 7 nitrogen and oxygen atoms in total. The van der Waals surface area contributed by atoms with E-state index in [0.29, 0.717) is 6.54 Å². The Bertz CT molecular complexity index is 602. The van der Waals surface area contributed by atoms with Crippen LogP contribution in [0, 0.1) is 11.8 Å². The van der Waals surface area contributed by atoms with Crippen LogP contribution >= 0.6 is 0 Å². The predicted molar refractivity (Wildman–Crippen MR) is 108 cm³/mol. The standard InChI is InChI=1S/C22H35N3O4/c26-19(8-11-25-20(27)17-6-2-3-7-18(17)21(25)28)23-16-22(9-4-1-5-10-22)24-12-14-29-15-13-24/h17-18H,1-16H2,(H,23,26). The number of rotatable bonds is 6. The monoisotopic (exact) mass is 405 g/mol. The second-order valence-corrected chi connectivity index (χ2v) is 9.24. The average molecular weight is 406 g/mol. The largest absolute Gasteiger partial charge is 0.379 e. The summed E-state index contributed by atoms with van der Waals surface area (Å²) in [7, 11) is 0. The summed E-state index contributed by atoms with van der Waals surface area (Å²) in [6.07, 6.45) is 9.78. The van der Waals surface area contributed by atoms with E-state index in [0.717, 1.165) is 64.8 Å². The third kappa shape index (κ3) is 4.36. The quantitative estimate of drug-likeness (QED) is 0.681. The lowest BCUT2D eigenvalue weighted by atomic mass is 9.79. The van der Waals surface area contributed by atoms with Gasteiger partial charge < -0.3 is 10.1 Å². The maximum absolute atomic E-state index is 12.6. The van der Waals surface area contributed by atoms with E-state index < -0.39 is 0 Å². The van der Waals surface area contributed by atoms with Crippen LogP contribution in [0.15, 0.2) is 0 Å². The minimum absolute atomic E-state index is 0.0336. The lowest BCUT2D eigenvalue weighted by Crippen LogP contribution is -2.59. The number of fused-ring (bicyclic) bond motifs is 1. The van der Waals surface area contributed by atoms with E-state index in [9.17, 15) is 14.4 Å². The zero-order valence-corrected chi connectivity index (χ0v) is 17.5. The molecule has 4 rings (SSSR count). The molecule has 0 spiro atoms. The third-order valence-electron chi connectivity index (χ3n) is 7.58. The number of carbonyl (C=O) groups excluding carboxylic acids is 3. The fourth-order valence-corrected chi connectivity index (χ4v) is 5.87. The lowest BCUT2D eigenvalue weighted by molar-refractivity contribution is -0.140. The zero-order chi connectivity index (χ0) is 20.3. The van der Waals surface area contributed by atoms with Crippen molar-refractivity contribution in [3.05, 3.63) is 0 Å². The summed E-state index contributed by atoms with van der Waals surface area (Å²) in [6, 6.07) is 0. The Morgan fingerprint density at radius 3 is 2.21 bits per heavy atom. The van der Waals surface area contributed by atoms with Gasteiger partial charge in [-0.3, -0.25) is 24.2 Å². The SMILES string of the molecule is O=C(CCN1C(=O)C2CCCCC2C1=O)NCC1(N2CCOCC2)CCCCC1. The van der Waals surface area contributed by atoms with E-state index in [2.05, 4.69) is 10.2 Å². The van der Waals surface area contributed by atoms with E-state index >= 15 is 0 Å². The summed E-state index contributed by atoms with van der Waals surface area (Å²) in [4.78, 5) is 41.6. The van der Waals surface area contributed by atoms with Crippen LogP contribution in [0.25, 0.3) is 0 Å². The van der Waals surface area contributed by atoms with E-state index in [-0.39, 0.29) is 48.1 Å². The molecule has 4 aliphatic rings. The summed E-state index contributed by atoms with van der Waals surface area (Å²) >= 11 is 0. The smallest absolute Gasteiger partial charge is 0.233 e.